The minimum Gasteiger partial charge on any atom is -0.374 e. The van der Waals surface area contributed by atoms with Gasteiger partial charge in [-0.1, -0.05) is 0 Å². The van der Waals surface area contributed by atoms with Crippen LogP contribution in [-0.2, 0) is 4.74 Å². The highest BCUT2D eigenvalue weighted by atomic mass is 16.5. The molecule has 0 amide bonds. The highest BCUT2D eigenvalue weighted by Gasteiger charge is 2.33. The van der Waals surface area contributed by atoms with Crippen LogP contribution in [0.2, 0.25) is 0 Å². The van der Waals surface area contributed by atoms with Gasteiger partial charge in [0.2, 0.25) is 0 Å². The van der Waals surface area contributed by atoms with Crippen molar-refractivity contribution in [2.45, 2.75) is 25.0 Å². The van der Waals surface area contributed by atoms with Gasteiger partial charge in [0.05, 0.1) is 19.3 Å². The zero-order valence-corrected chi connectivity index (χ0v) is 10.6. The maximum atomic E-state index is 5.80. The molecule has 2 fully saturated rings. The van der Waals surface area contributed by atoms with E-state index >= 15 is 0 Å². The number of rotatable bonds is 3. The van der Waals surface area contributed by atoms with Gasteiger partial charge in [0, 0.05) is 39.3 Å². The van der Waals surface area contributed by atoms with Gasteiger partial charge in [0.15, 0.2) is 5.96 Å². The van der Waals surface area contributed by atoms with Crippen LogP contribution < -0.4 is 5.32 Å². The lowest BCUT2D eigenvalue weighted by atomic mass is 10.2. The molecule has 2 aliphatic heterocycles. The van der Waals surface area contributed by atoms with E-state index in [-0.39, 0.29) is 0 Å². The van der Waals surface area contributed by atoms with Crippen LogP contribution in [0.15, 0.2) is 4.99 Å². The maximum Gasteiger partial charge on any atom is 0.193 e. The van der Waals surface area contributed by atoms with Crippen molar-refractivity contribution in [3.05, 3.63) is 0 Å². The Morgan fingerprint density at radius 1 is 1.41 bits per heavy atom. The van der Waals surface area contributed by atoms with E-state index in [9.17, 15) is 0 Å². The number of likely N-dealkylation sites (N-methyl/N-ethyl adjacent to an activating group) is 1. The van der Waals surface area contributed by atoms with E-state index in [0.29, 0.717) is 6.10 Å². The summed E-state index contributed by atoms with van der Waals surface area (Å²) in [6, 6.07) is 0.855. The Morgan fingerprint density at radius 2 is 2.29 bits per heavy atom. The summed E-state index contributed by atoms with van der Waals surface area (Å²) in [5.41, 5.74) is 0. The molecule has 0 spiro atoms. The first-order valence-corrected chi connectivity index (χ1v) is 6.68. The smallest absolute Gasteiger partial charge is 0.193 e. The first-order chi connectivity index (χ1) is 8.33. The standard InChI is InChI=1S/C12H22N4O/c1-15-5-4-13-12(15)14-8-11-9-16(6-7-17-11)10-2-3-10/h10-11H,2-9H2,1H3,(H,13,14). The molecule has 1 saturated carbocycles. The molecule has 1 atom stereocenters. The van der Waals surface area contributed by atoms with E-state index in [1.807, 2.05) is 0 Å². The van der Waals surface area contributed by atoms with Crippen molar-refractivity contribution in [2.75, 3.05) is 46.4 Å². The fourth-order valence-corrected chi connectivity index (χ4v) is 2.57. The van der Waals surface area contributed by atoms with E-state index in [2.05, 4.69) is 27.2 Å². The fraction of sp³-hybridized carbons (Fsp3) is 0.917. The molecule has 0 aromatic rings. The molecule has 96 valence electrons. The Balaban J connectivity index is 1.44. The molecule has 0 aromatic carbocycles. The Hall–Kier alpha value is -0.810. The van der Waals surface area contributed by atoms with Crippen molar-refractivity contribution in [3.63, 3.8) is 0 Å². The molecule has 2 heterocycles. The SMILES string of the molecule is CN1CCN=C1NCC1CN(C2CC2)CCO1. The molecule has 17 heavy (non-hydrogen) atoms. The van der Waals surface area contributed by atoms with Gasteiger partial charge in [-0.05, 0) is 12.8 Å². The van der Waals surface area contributed by atoms with Crippen LogP contribution in [0.25, 0.3) is 0 Å². The number of ether oxygens (including phenoxy) is 1. The lowest BCUT2D eigenvalue weighted by Gasteiger charge is -2.33. The molecule has 3 rings (SSSR count). The van der Waals surface area contributed by atoms with Crippen LogP contribution in [0.5, 0.6) is 0 Å². The van der Waals surface area contributed by atoms with Crippen LogP contribution in [0.3, 0.4) is 0 Å². The summed E-state index contributed by atoms with van der Waals surface area (Å²) in [6.45, 7) is 5.90. The highest BCUT2D eigenvalue weighted by molar-refractivity contribution is 5.81. The van der Waals surface area contributed by atoms with Crippen molar-refractivity contribution in [3.8, 4) is 0 Å². The third-order valence-electron chi connectivity index (χ3n) is 3.78. The fourth-order valence-electron chi connectivity index (χ4n) is 2.57. The molecule has 0 bridgehead atoms. The summed E-state index contributed by atoms with van der Waals surface area (Å²) in [4.78, 5) is 9.18. The molecule has 1 saturated heterocycles. The maximum absolute atomic E-state index is 5.80. The highest BCUT2D eigenvalue weighted by Crippen LogP contribution is 2.28. The number of aliphatic imine (C=N–C) groups is 1. The van der Waals surface area contributed by atoms with E-state index in [4.69, 9.17) is 4.74 Å². The number of nitrogens with one attached hydrogen (secondary N) is 1. The van der Waals surface area contributed by atoms with Crippen molar-refractivity contribution < 1.29 is 4.74 Å². The summed E-state index contributed by atoms with van der Waals surface area (Å²) >= 11 is 0. The van der Waals surface area contributed by atoms with Crippen molar-refractivity contribution in [1.29, 1.82) is 0 Å². The molecular weight excluding hydrogens is 216 g/mol. The zero-order valence-electron chi connectivity index (χ0n) is 10.6. The summed E-state index contributed by atoms with van der Waals surface area (Å²) in [5.74, 6) is 1.03. The second kappa shape index (κ2) is 4.82. The summed E-state index contributed by atoms with van der Waals surface area (Å²) in [6.07, 6.45) is 3.09. The first kappa shape index (κ1) is 11.3. The quantitative estimate of drug-likeness (QED) is 0.735. The average molecular weight is 238 g/mol. The van der Waals surface area contributed by atoms with E-state index in [1.54, 1.807) is 0 Å². The lowest BCUT2D eigenvalue weighted by molar-refractivity contribution is -0.0283. The molecule has 1 unspecified atom stereocenters. The molecule has 5 nitrogen and oxygen atoms in total. The van der Waals surface area contributed by atoms with Crippen molar-refractivity contribution in [2.24, 2.45) is 4.99 Å². The number of nitrogens with zero attached hydrogens (tertiary/aromatic N) is 3. The van der Waals surface area contributed by atoms with E-state index < -0.39 is 0 Å². The molecule has 0 radical (unpaired) electrons. The molecule has 0 aromatic heterocycles. The van der Waals surface area contributed by atoms with Gasteiger partial charge in [-0.2, -0.15) is 0 Å². The topological polar surface area (TPSA) is 40.1 Å². The Kier molecular flexibility index (Phi) is 3.20. The van der Waals surface area contributed by atoms with E-state index in [1.165, 1.54) is 12.8 Å². The van der Waals surface area contributed by atoms with Crippen molar-refractivity contribution >= 4 is 5.96 Å². The number of guanidine groups is 1. The zero-order chi connectivity index (χ0) is 11.7. The number of hydrogen-bond acceptors (Lipinski definition) is 5. The molecule has 1 N–H and O–H groups in total. The number of morpholine rings is 1. The second-order valence-corrected chi connectivity index (χ2v) is 5.23. The van der Waals surface area contributed by atoms with E-state index in [0.717, 1.165) is 51.3 Å². The Labute approximate surface area is 103 Å². The summed E-state index contributed by atoms with van der Waals surface area (Å²) in [5, 5.41) is 3.41. The molecule has 5 heteroatoms. The van der Waals surface area contributed by atoms with Crippen LogP contribution in [-0.4, -0.2) is 74.3 Å². The van der Waals surface area contributed by atoms with Gasteiger partial charge in [-0.3, -0.25) is 9.89 Å². The molecule has 1 aliphatic carbocycles. The first-order valence-electron chi connectivity index (χ1n) is 6.68. The van der Waals surface area contributed by atoms with Gasteiger partial charge in [-0.25, -0.2) is 0 Å². The predicted octanol–water partition coefficient (Wildman–Crippen LogP) is -0.259. The minimum atomic E-state index is 0.320. The van der Waals surface area contributed by atoms with Crippen LogP contribution in [0, 0.1) is 0 Å². The second-order valence-electron chi connectivity index (χ2n) is 5.23. The lowest BCUT2D eigenvalue weighted by Crippen LogP contribution is -2.49. The van der Waals surface area contributed by atoms with Crippen LogP contribution >= 0.6 is 0 Å². The van der Waals surface area contributed by atoms with Gasteiger partial charge in [0.1, 0.15) is 0 Å². The third-order valence-corrected chi connectivity index (χ3v) is 3.78. The van der Waals surface area contributed by atoms with Crippen molar-refractivity contribution in [1.82, 2.24) is 15.1 Å². The largest absolute Gasteiger partial charge is 0.374 e. The summed E-state index contributed by atoms with van der Waals surface area (Å²) in [7, 11) is 2.08. The minimum absolute atomic E-state index is 0.320. The Bertz CT molecular complexity index is 303. The van der Waals surface area contributed by atoms with Crippen LogP contribution in [0.1, 0.15) is 12.8 Å². The monoisotopic (exact) mass is 238 g/mol. The Morgan fingerprint density at radius 3 is 3.00 bits per heavy atom. The number of hydrogen-bond donors (Lipinski definition) is 1. The van der Waals surface area contributed by atoms with Gasteiger partial charge < -0.3 is 15.0 Å². The normalized spacial score (nSPS) is 30.5. The third kappa shape index (κ3) is 2.72. The van der Waals surface area contributed by atoms with Crippen LogP contribution in [0.4, 0.5) is 0 Å². The summed E-state index contributed by atoms with van der Waals surface area (Å²) < 4.78 is 5.80. The predicted molar refractivity (Wildman–Crippen MR) is 67.3 cm³/mol. The molecule has 3 aliphatic rings. The van der Waals surface area contributed by atoms with Gasteiger partial charge in [0.25, 0.3) is 0 Å². The molecular formula is C12H22N4O. The van der Waals surface area contributed by atoms with Gasteiger partial charge in [-0.15, -0.1) is 0 Å². The average Bonchev–Trinajstić information content (AvgIpc) is 3.12. The van der Waals surface area contributed by atoms with Gasteiger partial charge >= 0.3 is 0 Å².